The highest BCUT2D eigenvalue weighted by Gasteiger charge is 2.33. The van der Waals surface area contributed by atoms with Crippen LogP contribution < -0.4 is 15.4 Å². The number of rotatable bonds is 7. The van der Waals surface area contributed by atoms with Crippen LogP contribution in [0.15, 0.2) is 64.9 Å². The van der Waals surface area contributed by atoms with Gasteiger partial charge in [0.1, 0.15) is 0 Å². The van der Waals surface area contributed by atoms with Gasteiger partial charge in [-0.2, -0.15) is 4.39 Å². The second kappa shape index (κ2) is 10.6. The number of methoxy groups -OCH3 is 1. The van der Waals surface area contributed by atoms with E-state index in [0.717, 1.165) is 41.1 Å². The van der Waals surface area contributed by atoms with Crippen molar-refractivity contribution in [2.45, 2.75) is 52.5 Å². The predicted octanol–water partition coefficient (Wildman–Crippen LogP) is 6.82. The molecule has 0 spiro atoms. The average molecular weight is 518 g/mol. The number of carbonyl (C=O) groups is 1. The van der Waals surface area contributed by atoms with Crippen molar-refractivity contribution in [1.29, 1.82) is 0 Å². The van der Waals surface area contributed by atoms with Gasteiger partial charge < -0.3 is 15.4 Å². The van der Waals surface area contributed by atoms with Crippen molar-refractivity contribution < 1.29 is 18.3 Å². The molecule has 1 heterocycles. The first-order chi connectivity index (χ1) is 18.3. The molecule has 198 valence electrons. The highest BCUT2D eigenvalue weighted by molar-refractivity contribution is 6.13. The van der Waals surface area contributed by atoms with Gasteiger partial charge in [-0.25, -0.2) is 4.39 Å². The van der Waals surface area contributed by atoms with Gasteiger partial charge in [0, 0.05) is 35.0 Å². The molecule has 1 fully saturated rings. The fourth-order valence-corrected chi connectivity index (χ4v) is 5.40. The molecule has 0 saturated heterocycles. The standard InChI is InChI=1S/C31H33F2N3O2/c1-5-19-15-20(10-11-21(19)31(37)36-25-13-9-17(25)2)35-29-18(3)7-6-8-23-24(16-34-30(23)29)22-12-14-26(38-4)28(33)27(22)32/h6-7,10-12,14-17,23,25,35H,5,8-9,13H2,1-4H3,(H,36,37). The fraction of sp³-hybridized carbons (Fsp3) is 0.355. The summed E-state index contributed by atoms with van der Waals surface area (Å²) < 4.78 is 34.4. The minimum absolute atomic E-state index is 0.0272. The Morgan fingerprint density at radius 1 is 1.16 bits per heavy atom. The fourth-order valence-electron chi connectivity index (χ4n) is 5.40. The Balaban J connectivity index is 1.39. The van der Waals surface area contributed by atoms with E-state index in [2.05, 4.69) is 22.5 Å². The predicted molar refractivity (Wildman–Crippen MR) is 147 cm³/mol. The SMILES string of the molecule is CCc1cc(NC2=C(C)C=CCC3C(c4ccc(OC)c(F)c4F)=CN=C23)ccc1C(=O)NC1CCC1C. The molecule has 5 nitrogen and oxygen atoms in total. The van der Waals surface area contributed by atoms with Gasteiger partial charge in [0.2, 0.25) is 5.82 Å². The van der Waals surface area contributed by atoms with E-state index in [1.165, 1.54) is 13.2 Å². The number of fused-ring (bicyclic) bond motifs is 1. The summed E-state index contributed by atoms with van der Waals surface area (Å²) in [5, 5.41) is 6.68. The van der Waals surface area contributed by atoms with E-state index in [0.29, 0.717) is 29.9 Å². The summed E-state index contributed by atoms with van der Waals surface area (Å²) in [5.41, 5.74) is 5.90. The number of nitrogens with zero attached hydrogens (tertiary/aromatic N) is 1. The number of aliphatic imine (C=N–C) groups is 1. The molecule has 1 aliphatic heterocycles. The second-order valence-electron chi connectivity index (χ2n) is 10.3. The first-order valence-corrected chi connectivity index (χ1v) is 13.2. The third kappa shape index (κ3) is 4.66. The summed E-state index contributed by atoms with van der Waals surface area (Å²) in [7, 11) is 1.31. The van der Waals surface area contributed by atoms with Gasteiger partial charge in [0.05, 0.1) is 18.5 Å². The molecule has 3 aliphatic rings. The van der Waals surface area contributed by atoms with Crippen molar-refractivity contribution in [2.24, 2.45) is 16.8 Å². The largest absolute Gasteiger partial charge is 0.494 e. The molecule has 2 aromatic rings. The van der Waals surface area contributed by atoms with E-state index in [1.807, 2.05) is 44.2 Å². The van der Waals surface area contributed by atoms with Crippen LogP contribution in [-0.2, 0) is 6.42 Å². The molecular formula is C31H33F2N3O2. The maximum Gasteiger partial charge on any atom is 0.251 e. The van der Waals surface area contributed by atoms with Crippen LogP contribution in [0, 0.1) is 23.5 Å². The van der Waals surface area contributed by atoms with Gasteiger partial charge in [0.15, 0.2) is 11.6 Å². The molecule has 0 bridgehead atoms. The summed E-state index contributed by atoms with van der Waals surface area (Å²) >= 11 is 0. The summed E-state index contributed by atoms with van der Waals surface area (Å²) in [5.74, 6) is -1.81. The highest BCUT2D eigenvalue weighted by Crippen LogP contribution is 2.40. The number of aryl methyl sites for hydroxylation is 1. The quantitative estimate of drug-likeness (QED) is 0.424. The molecule has 1 amide bonds. The molecule has 2 aliphatic carbocycles. The van der Waals surface area contributed by atoms with E-state index in [1.54, 1.807) is 12.3 Å². The molecule has 2 aromatic carbocycles. The first-order valence-electron chi connectivity index (χ1n) is 13.2. The van der Waals surface area contributed by atoms with Gasteiger partial charge in [-0.3, -0.25) is 9.79 Å². The number of halogens is 2. The number of allylic oxidation sites excluding steroid dienone is 5. The van der Waals surface area contributed by atoms with Crippen LogP contribution in [0.25, 0.3) is 5.57 Å². The molecule has 2 N–H and O–H groups in total. The zero-order valence-electron chi connectivity index (χ0n) is 22.2. The van der Waals surface area contributed by atoms with Crippen molar-refractivity contribution in [3.63, 3.8) is 0 Å². The summed E-state index contributed by atoms with van der Waals surface area (Å²) in [4.78, 5) is 17.6. The number of nitrogens with one attached hydrogen (secondary N) is 2. The average Bonchev–Trinajstić information content (AvgIpc) is 3.26. The van der Waals surface area contributed by atoms with E-state index in [4.69, 9.17) is 4.74 Å². The van der Waals surface area contributed by atoms with Crippen LogP contribution in [0.5, 0.6) is 5.75 Å². The third-order valence-electron chi connectivity index (χ3n) is 7.95. The smallest absolute Gasteiger partial charge is 0.251 e. The van der Waals surface area contributed by atoms with Crippen LogP contribution in [0.4, 0.5) is 14.5 Å². The zero-order chi connectivity index (χ0) is 27.0. The van der Waals surface area contributed by atoms with Crippen molar-refractivity contribution in [3.05, 3.63) is 88.3 Å². The van der Waals surface area contributed by atoms with Gasteiger partial charge >= 0.3 is 0 Å². The maximum absolute atomic E-state index is 15.0. The van der Waals surface area contributed by atoms with Gasteiger partial charge in [-0.1, -0.05) is 26.0 Å². The minimum Gasteiger partial charge on any atom is -0.494 e. The lowest BCUT2D eigenvalue weighted by molar-refractivity contribution is 0.0883. The Hall–Kier alpha value is -3.74. The Morgan fingerprint density at radius 3 is 2.66 bits per heavy atom. The Labute approximate surface area is 222 Å². The highest BCUT2D eigenvalue weighted by atomic mass is 19.2. The number of hydrogen-bond donors (Lipinski definition) is 2. The molecule has 0 radical (unpaired) electrons. The molecule has 3 atom stereocenters. The number of hydrogen-bond acceptors (Lipinski definition) is 4. The van der Waals surface area contributed by atoms with E-state index in [9.17, 15) is 13.6 Å². The monoisotopic (exact) mass is 517 g/mol. The number of benzene rings is 2. The van der Waals surface area contributed by atoms with Crippen LogP contribution in [0.2, 0.25) is 0 Å². The molecule has 1 saturated carbocycles. The Morgan fingerprint density at radius 2 is 1.97 bits per heavy atom. The molecular weight excluding hydrogens is 484 g/mol. The van der Waals surface area contributed by atoms with Crippen LogP contribution >= 0.6 is 0 Å². The van der Waals surface area contributed by atoms with Crippen LogP contribution in [-0.4, -0.2) is 24.8 Å². The lowest BCUT2D eigenvalue weighted by atomic mass is 9.81. The second-order valence-corrected chi connectivity index (χ2v) is 10.3. The summed E-state index contributed by atoms with van der Waals surface area (Å²) in [6.07, 6.45) is 9.19. The molecule has 38 heavy (non-hydrogen) atoms. The van der Waals surface area contributed by atoms with E-state index < -0.39 is 11.6 Å². The first kappa shape index (κ1) is 25.9. The minimum atomic E-state index is -1.00. The van der Waals surface area contributed by atoms with Crippen molar-refractivity contribution in [1.82, 2.24) is 5.32 Å². The summed E-state index contributed by atoms with van der Waals surface area (Å²) in [6.45, 7) is 6.20. The lowest BCUT2D eigenvalue weighted by Gasteiger charge is -2.34. The van der Waals surface area contributed by atoms with Gasteiger partial charge in [0.25, 0.3) is 5.91 Å². The van der Waals surface area contributed by atoms with E-state index in [-0.39, 0.29) is 29.2 Å². The van der Waals surface area contributed by atoms with Crippen molar-refractivity contribution in [2.75, 3.05) is 12.4 Å². The Bertz CT molecular complexity index is 1410. The third-order valence-corrected chi connectivity index (χ3v) is 7.95. The number of ether oxygens (including phenoxy) is 1. The number of anilines is 1. The number of carbonyl (C=O) groups excluding carboxylic acids is 1. The van der Waals surface area contributed by atoms with E-state index >= 15 is 0 Å². The van der Waals surface area contributed by atoms with Gasteiger partial charge in [-0.15, -0.1) is 0 Å². The van der Waals surface area contributed by atoms with Crippen molar-refractivity contribution >= 4 is 22.9 Å². The van der Waals surface area contributed by atoms with Crippen LogP contribution in [0.3, 0.4) is 0 Å². The topological polar surface area (TPSA) is 62.7 Å². The lowest BCUT2D eigenvalue weighted by Crippen LogP contribution is -2.45. The normalized spacial score (nSPS) is 22.2. The van der Waals surface area contributed by atoms with Crippen LogP contribution in [0.1, 0.15) is 61.5 Å². The van der Waals surface area contributed by atoms with Gasteiger partial charge in [-0.05, 0) is 85.6 Å². The Kier molecular flexibility index (Phi) is 7.19. The zero-order valence-corrected chi connectivity index (χ0v) is 22.2. The molecule has 7 heteroatoms. The van der Waals surface area contributed by atoms with Crippen molar-refractivity contribution in [3.8, 4) is 5.75 Å². The number of amides is 1. The molecule has 5 rings (SSSR count). The maximum atomic E-state index is 15.0. The molecule has 0 aromatic heterocycles. The molecule has 3 unspecified atom stereocenters. The summed E-state index contributed by atoms with van der Waals surface area (Å²) in [6, 6.07) is 9.01.